The summed E-state index contributed by atoms with van der Waals surface area (Å²) in [5, 5.41) is 15.9. The SMILES string of the molecule is O=C(O)CNC(=O)c1ccc(NC(=O)Nc2ccccn2)cc1. The molecular formula is C15H14N4O4. The second kappa shape index (κ2) is 7.55. The lowest BCUT2D eigenvalue weighted by atomic mass is 10.2. The van der Waals surface area contributed by atoms with E-state index in [1.165, 1.54) is 24.3 Å². The first-order valence-corrected chi connectivity index (χ1v) is 6.63. The van der Waals surface area contributed by atoms with Crippen molar-refractivity contribution in [2.45, 2.75) is 0 Å². The van der Waals surface area contributed by atoms with Crippen LogP contribution in [0.25, 0.3) is 0 Å². The Morgan fingerprint density at radius 1 is 1.00 bits per heavy atom. The van der Waals surface area contributed by atoms with Gasteiger partial charge in [-0.05, 0) is 36.4 Å². The highest BCUT2D eigenvalue weighted by Gasteiger charge is 2.08. The number of hydrogen-bond donors (Lipinski definition) is 4. The Balaban J connectivity index is 1.90. The molecule has 0 saturated carbocycles. The number of nitrogens with zero attached hydrogens (tertiary/aromatic N) is 1. The van der Waals surface area contributed by atoms with Crippen LogP contribution in [-0.4, -0.2) is 34.5 Å². The summed E-state index contributed by atoms with van der Waals surface area (Å²) < 4.78 is 0. The molecule has 0 bridgehead atoms. The third-order valence-corrected chi connectivity index (χ3v) is 2.71. The minimum absolute atomic E-state index is 0.293. The Labute approximate surface area is 131 Å². The maximum absolute atomic E-state index is 11.8. The number of amides is 3. The minimum atomic E-state index is -1.12. The molecule has 0 radical (unpaired) electrons. The standard InChI is InChI=1S/C15H14N4O4/c20-13(21)9-17-14(22)10-4-6-11(7-5-10)18-15(23)19-12-3-1-2-8-16-12/h1-8H,9H2,(H,17,22)(H,20,21)(H2,16,18,19,23). The lowest BCUT2D eigenvalue weighted by Crippen LogP contribution is -2.29. The van der Waals surface area contributed by atoms with Crippen LogP contribution in [0.5, 0.6) is 0 Å². The zero-order valence-electron chi connectivity index (χ0n) is 11.9. The Morgan fingerprint density at radius 3 is 2.35 bits per heavy atom. The molecule has 0 aliphatic heterocycles. The van der Waals surface area contributed by atoms with Crippen molar-refractivity contribution < 1.29 is 19.5 Å². The molecule has 118 valence electrons. The molecule has 1 aromatic carbocycles. The normalized spacial score (nSPS) is 9.74. The maximum atomic E-state index is 11.8. The molecule has 8 heteroatoms. The minimum Gasteiger partial charge on any atom is -0.480 e. The van der Waals surface area contributed by atoms with Gasteiger partial charge < -0.3 is 15.7 Å². The molecule has 0 fully saturated rings. The number of anilines is 2. The molecule has 0 unspecified atom stereocenters. The number of aromatic nitrogens is 1. The van der Waals surface area contributed by atoms with E-state index in [9.17, 15) is 14.4 Å². The zero-order chi connectivity index (χ0) is 16.7. The Bertz CT molecular complexity index is 701. The summed E-state index contributed by atoms with van der Waals surface area (Å²) in [5.41, 5.74) is 0.773. The van der Waals surface area contributed by atoms with Gasteiger partial charge in [0.2, 0.25) is 0 Å². The van der Waals surface area contributed by atoms with Gasteiger partial charge in [-0.25, -0.2) is 9.78 Å². The van der Waals surface area contributed by atoms with Crippen molar-refractivity contribution in [3.8, 4) is 0 Å². The topological polar surface area (TPSA) is 120 Å². The van der Waals surface area contributed by atoms with Gasteiger partial charge in [0.25, 0.3) is 5.91 Å². The molecule has 0 aliphatic rings. The fraction of sp³-hybridized carbons (Fsp3) is 0.0667. The Hall–Kier alpha value is -3.42. The molecule has 3 amide bonds. The van der Waals surface area contributed by atoms with Gasteiger partial charge in [0.1, 0.15) is 12.4 Å². The summed E-state index contributed by atoms with van der Waals surface area (Å²) >= 11 is 0. The van der Waals surface area contributed by atoms with E-state index in [0.717, 1.165) is 0 Å². The largest absolute Gasteiger partial charge is 0.480 e. The number of urea groups is 1. The van der Waals surface area contributed by atoms with Crippen molar-refractivity contribution in [1.82, 2.24) is 10.3 Å². The predicted octanol–water partition coefficient (Wildman–Crippen LogP) is 1.54. The molecular weight excluding hydrogens is 300 g/mol. The van der Waals surface area contributed by atoms with Crippen LogP contribution in [0.3, 0.4) is 0 Å². The summed E-state index contributed by atoms with van der Waals surface area (Å²) in [4.78, 5) is 37.8. The molecule has 4 N–H and O–H groups in total. The van der Waals surface area contributed by atoms with E-state index in [0.29, 0.717) is 17.1 Å². The molecule has 8 nitrogen and oxygen atoms in total. The van der Waals surface area contributed by atoms with Crippen molar-refractivity contribution in [2.24, 2.45) is 0 Å². The Kier molecular flexibility index (Phi) is 5.24. The maximum Gasteiger partial charge on any atom is 0.324 e. The van der Waals surface area contributed by atoms with E-state index in [1.54, 1.807) is 24.4 Å². The van der Waals surface area contributed by atoms with Crippen molar-refractivity contribution in [1.29, 1.82) is 0 Å². The summed E-state index contributed by atoms with van der Waals surface area (Å²) in [6, 6.07) is 10.7. The number of hydrogen-bond acceptors (Lipinski definition) is 4. The molecule has 0 aliphatic carbocycles. The quantitative estimate of drug-likeness (QED) is 0.667. The van der Waals surface area contributed by atoms with Crippen LogP contribution in [0.1, 0.15) is 10.4 Å². The van der Waals surface area contributed by atoms with Gasteiger partial charge >= 0.3 is 12.0 Å². The van der Waals surface area contributed by atoms with Crippen LogP contribution >= 0.6 is 0 Å². The molecule has 0 atom stereocenters. The molecule has 0 spiro atoms. The van der Waals surface area contributed by atoms with E-state index in [-0.39, 0.29) is 0 Å². The molecule has 1 heterocycles. The highest BCUT2D eigenvalue weighted by atomic mass is 16.4. The van der Waals surface area contributed by atoms with Crippen molar-refractivity contribution in [3.63, 3.8) is 0 Å². The first-order valence-electron chi connectivity index (χ1n) is 6.63. The van der Waals surface area contributed by atoms with Crippen LogP contribution < -0.4 is 16.0 Å². The summed E-state index contributed by atoms with van der Waals surface area (Å²) in [5.74, 6) is -1.21. The van der Waals surface area contributed by atoms with Crippen LogP contribution in [0.15, 0.2) is 48.7 Å². The predicted molar refractivity (Wildman–Crippen MR) is 83.3 cm³/mol. The third-order valence-electron chi connectivity index (χ3n) is 2.71. The monoisotopic (exact) mass is 314 g/mol. The van der Waals surface area contributed by atoms with E-state index < -0.39 is 24.5 Å². The lowest BCUT2D eigenvalue weighted by molar-refractivity contribution is -0.135. The fourth-order valence-electron chi connectivity index (χ4n) is 1.68. The van der Waals surface area contributed by atoms with Crippen LogP contribution in [0.2, 0.25) is 0 Å². The van der Waals surface area contributed by atoms with Crippen LogP contribution in [0, 0.1) is 0 Å². The summed E-state index contributed by atoms with van der Waals surface area (Å²) in [6.45, 7) is -0.453. The van der Waals surface area contributed by atoms with Crippen molar-refractivity contribution in [2.75, 3.05) is 17.2 Å². The fourth-order valence-corrected chi connectivity index (χ4v) is 1.68. The van der Waals surface area contributed by atoms with Crippen LogP contribution in [0.4, 0.5) is 16.3 Å². The van der Waals surface area contributed by atoms with E-state index in [1.807, 2.05) is 0 Å². The molecule has 23 heavy (non-hydrogen) atoms. The van der Waals surface area contributed by atoms with Gasteiger partial charge in [-0.15, -0.1) is 0 Å². The number of carboxylic acids is 1. The summed E-state index contributed by atoms with van der Waals surface area (Å²) in [6.07, 6.45) is 1.56. The number of pyridine rings is 1. The van der Waals surface area contributed by atoms with E-state index in [4.69, 9.17) is 5.11 Å². The second-order valence-corrected chi connectivity index (χ2v) is 4.45. The number of nitrogens with one attached hydrogen (secondary N) is 3. The van der Waals surface area contributed by atoms with Gasteiger partial charge in [0.15, 0.2) is 0 Å². The number of carboxylic acid groups (broad SMARTS) is 1. The highest BCUT2D eigenvalue weighted by Crippen LogP contribution is 2.10. The zero-order valence-corrected chi connectivity index (χ0v) is 11.9. The molecule has 1 aromatic heterocycles. The molecule has 2 rings (SSSR count). The van der Waals surface area contributed by atoms with E-state index in [2.05, 4.69) is 20.9 Å². The first kappa shape index (κ1) is 16.0. The van der Waals surface area contributed by atoms with Crippen LogP contribution in [-0.2, 0) is 4.79 Å². The number of rotatable bonds is 5. The van der Waals surface area contributed by atoms with Gasteiger partial charge in [-0.2, -0.15) is 0 Å². The van der Waals surface area contributed by atoms with Gasteiger partial charge in [0, 0.05) is 17.4 Å². The van der Waals surface area contributed by atoms with Gasteiger partial charge in [-0.1, -0.05) is 6.07 Å². The molecule has 0 saturated heterocycles. The Morgan fingerprint density at radius 2 is 1.74 bits per heavy atom. The van der Waals surface area contributed by atoms with Crippen molar-refractivity contribution >= 4 is 29.4 Å². The highest BCUT2D eigenvalue weighted by molar-refractivity contribution is 6.00. The molecule has 2 aromatic rings. The number of benzene rings is 1. The number of aliphatic carboxylic acids is 1. The van der Waals surface area contributed by atoms with Gasteiger partial charge in [0.05, 0.1) is 0 Å². The first-order chi connectivity index (χ1) is 11.0. The number of carbonyl (C=O) groups excluding carboxylic acids is 2. The third kappa shape index (κ3) is 5.12. The van der Waals surface area contributed by atoms with Gasteiger partial charge in [-0.3, -0.25) is 14.9 Å². The van der Waals surface area contributed by atoms with Crippen molar-refractivity contribution in [3.05, 3.63) is 54.2 Å². The van der Waals surface area contributed by atoms with E-state index >= 15 is 0 Å². The average Bonchev–Trinajstić information content (AvgIpc) is 2.54. The average molecular weight is 314 g/mol. The smallest absolute Gasteiger partial charge is 0.324 e. The lowest BCUT2D eigenvalue weighted by Gasteiger charge is -2.08. The number of carbonyl (C=O) groups is 3. The summed E-state index contributed by atoms with van der Waals surface area (Å²) in [7, 11) is 0. The second-order valence-electron chi connectivity index (χ2n) is 4.45.